The van der Waals surface area contributed by atoms with Crippen molar-refractivity contribution in [2.75, 3.05) is 0 Å². The van der Waals surface area contributed by atoms with Crippen LogP contribution in [-0.2, 0) is 6.54 Å². The molecule has 0 saturated heterocycles. The summed E-state index contributed by atoms with van der Waals surface area (Å²) in [6.07, 6.45) is 4.71. The van der Waals surface area contributed by atoms with Crippen LogP contribution in [0.5, 0.6) is 0 Å². The zero-order valence-corrected chi connectivity index (χ0v) is 11.9. The molecule has 0 unspecified atom stereocenters. The molecule has 1 nitrogen and oxygen atoms in total. The molecular weight excluding hydrogens is 254 g/mol. The van der Waals surface area contributed by atoms with E-state index in [9.17, 15) is 0 Å². The summed E-state index contributed by atoms with van der Waals surface area (Å²) >= 11 is 6.15. The first-order valence-electron chi connectivity index (χ1n) is 7.17. The van der Waals surface area contributed by atoms with Crippen LogP contribution in [0.2, 0.25) is 0 Å². The molecule has 0 aliphatic heterocycles. The maximum absolute atomic E-state index is 6.15. The Bertz CT molecular complexity index is 538. The van der Waals surface area contributed by atoms with Crippen molar-refractivity contribution in [1.29, 1.82) is 0 Å². The lowest BCUT2D eigenvalue weighted by molar-refractivity contribution is 0.376. The van der Waals surface area contributed by atoms with Crippen molar-refractivity contribution in [2.24, 2.45) is 0 Å². The minimum absolute atomic E-state index is 0.399. The summed E-state index contributed by atoms with van der Waals surface area (Å²) in [7, 11) is 0. The van der Waals surface area contributed by atoms with E-state index >= 15 is 0 Å². The highest BCUT2D eigenvalue weighted by atomic mass is 35.5. The maximum atomic E-state index is 6.15. The molecule has 0 radical (unpaired) electrons. The van der Waals surface area contributed by atoms with Crippen LogP contribution in [0.1, 0.15) is 31.2 Å². The topological polar surface area (TPSA) is 12.0 Å². The number of hydrogen-bond donors (Lipinski definition) is 1. The summed E-state index contributed by atoms with van der Waals surface area (Å²) < 4.78 is 0. The van der Waals surface area contributed by atoms with Gasteiger partial charge in [0.25, 0.3) is 0 Å². The van der Waals surface area contributed by atoms with Gasteiger partial charge in [0.1, 0.15) is 0 Å². The third kappa shape index (κ3) is 3.10. The highest BCUT2D eigenvalue weighted by Gasteiger charge is 2.18. The van der Waals surface area contributed by atoms with Crippen molar-refractivity contribution in [3.05, 3.63) is 48.0 Å². The zero-order valence-electron chi connectivity index (χ0n) is 11.1. The standard InChI is InChI=1S/C17H20ClN/c18-15-8-10-16(11-9-15)19-12-14-6-3-5-13-4-1-2-7-17(13)14/h1-7,15-16,19H,8-12H2. The van der Waals surface area contributed by atoms with Crippen molar-refractivity contribution >= 4 is 22.4 Å². The highest BCUT2D eigenvalue weighted by Crippen LogP contribution is 2.24. The average Bonchev–Trinajstić information content (AvgIpc) is 2.47. The first-order chi connectivity index (χ1) is 9.33. The van der Waals surface area contributed by atoms with Crippen LogP contribution in [-0.4, -0.2) is 11.4 Å². The first kappa shape index (κ1) is 13.0. The lowest BCUT2D eigenvalue weighted by atomic mass is 9.94. The number of nitrogens with one attached hydrogen (secondary N) is 1. The number of rotatable bonds is 3. The van der Waals surface area contributed by atoms with Gasteiger partial charge < -0.3 is 5.32 Å². The lowest BCUT2D eigenvalue weighted by Gasteiger charge is -2.26. The van der Waals surface area contributed by atoms with E-state index < -0.39 is 0 Å². The fraction of sp³-hybridized carbons (Fsp3) is 0.412. The summed E-state index contributed by atoms with van der Waals surface area (Å²) in [6, 6.07) is 15.8. The summed E-state index contributed by atoms with van der Waals surface area (Å²) in [5.74, 6) is 0. The Hall–Kier alpha value is -1.05. The van der Waals surface area contributed by atoms with Gasteiger partial charge in [-0.2, -0.15) is 0 Å². The number of hydrogen-bond acceptors (Lipinski definition) is 1. The maximum Gasteiger partial charge on any atom is 0.0337 e. The number of halogens is 1. The second-order valence-electron chi connectivity index (χ2n) is 5.47. The fourth-order valence-corrected chi connectivity index (χ4v) is 3.21. The molecule has 0 atom stereocenters. The van der Waals surface area contributed by atoms with Crippen molar-refractivity contribution < 1.29 is 0 Å². The van der Waals surface area contributed by atoms with Gasteiger partial charge in [-0.3, -0.25) is 0 Å². The van der Waals surface area contributed by atoms with E-state index in [4.69, 9.17) is 11.6 Å². The van der Waals surface area contributed by atoms with Crippen LogP contribution in [0, 0.1) is 0 Å². The van der Waals surface area contributed by atoms with Crippen molar-refractivity contribution in [1.82, 2.24) is 5.32 Å². The van der Waals surface area contributed by atoms with Crippen LogP contribution in [0.3, 0.4) is 0 Å². The molecule has 2 aromatic rings. The molecule has 19 heavy (non-hydrogen) atoms. The predicted molar refractivity (Wildman–Crippen MR) is 82.7 cm³/mol. The summed E-state index contributed by atoms with van der Waals surface area (Å²) in [5.41, 5.74) is 1.39. The molecular formula is C17H20ClN. The Morgan fingerprint density at radius 3 is 2.53 bits per heavy atom. The highest BCUT2D eigenvalue weighted by molar-refractivity contribution is 6.20. The molecule has 0 heterocycles. The monoisotopic (exact) mass is 273 g/mol. The Morgan fingerprint density at radius 1 is 0.947 bits per heavy atom. The first-order valence-corrected chi connectivity index (χ1v) is 7.60. The molecule has 0 aromatic heterocycles. The second kappa shape index (κ2) is 5.94. The molecule has 0 spiro atoms. The molecule has 2 heteroatoms. The van der Waals surface area contributed by atoms with Crippen molar-refractivity contribution in [3.63, 3.8) is 0 Å². The van der Waals surface area contributed by atoms with E-state index in [2.05, 4.69) is 47.8 Å². The smallest absolute Gasteiger partial charge is 0.0337 e. The minimum atomic E-state index is 0.399. The van der Waals surface area contributed by atoms with E-state index in [0.717, 1.165) is 19.4 Å². The predicted octanol–water partition coefficient (Wildman–Crippen LogP) is 4.48. The molecule has 2 aromatic carbocycles. The Balaban J connectivity index is 1.68. The molecule has 1 aliphatic rings. The summed E-state index contributed by atoms with van der Waals surface area (Å²) in [4.78, 5) is 0. The van der Waals surface area contributed by atoms with Crippen LogP contribution in [0.25, 0.3) is 10.8 Å². The molecule has 0 bridgehead atoms. The van der Waals surface area contributed by atoms with Gasteiger partial charge >= 0.3 is 0 Å². The van der Waals surface area contributed by atoms with Crippen LogP contribution >= 0.6 is 11.6 Å². The van der Waals surface area contributed by atoms with E-state index in [1.165, 1.54) is 29.2 Å². The third-order valence-corrected chi connectivity index (χ3v) is 4.55. The Kier molecular flexibility index (Phi) is 4.05. The van der Waals surface area contributed by atoms with Gasteiger partial charge in [0.2, 0.25) is 0 Å². The average molecular weight is 274 g/mol. The summed E-state index contributed by atoms with van der Waals surface area (Å²) in [6.45, 7) is 0.957. The van der Waals surface area contributed by atoms with Gasteiger partial charge in [0.15, 0.2) is 0 Å². The van der Waals surface area contributed by atoms with Gasteiger partial charge in [-0.15, -0.1) is 11.6 Å². The van der Waals surface area contributed by atoms with E-state index in [1.54, 1.807) is 0 Å². The van der Waals surface area contributed by atoms with Crippen molar-refractivity contribution in [3.8, 4) is 0 Å². The number of alkyl halides is 1. The third-order valence-electron chi connectivity index (χ3n) is 4.12. The minimum Gasteiger partial charge on any atom is -0.310 e. The van der Waals surface area contributed by atoms with Crippen LogP contribution in [0.4, 0.5) is 0 Å². The molecule has 0 amide bonds. The molecule has 1 aliphatic carbocycles. The zero-order chi connectivity index (χ0) is 13.1. The van der Waals surface area contributed by atoms with Crippen molar-refractivity contribution in [2.45, 2.75) is 43.6 Å². The Morgan fingerprint density at radius 2 is 1.68 bits per heavy atom. The molecule has 100 valence electrons. The van der Waals surface area contributed by atoms with Gasteiger partial charge in [0, 0.05) is 18.0 Å². The molecule has 3 rings (SSSR count). The van der Waals surface area contributed by atoms with Gasteiger partial charge in [-0.25, -0.2) is 0 Å². The fourth-order valence-electron chi connectivity index (χ4n) is 2.96. The largest absolute Gasteiger partial charge is 0.310 e. The molecule has 1 fully saturated rings. The molecule has 1 saturated carbocycles. The normalized spacial score (nSPS) is 23.6. The molecule has 1 N–H and O–H groups in total. The van der Waals surface area contributed by atoms with Crippen LogP contribution in [0.15, 0.2) is 42.5 Å². The lowest BCUT2D eigenvalue weighted by Crippen LogP contribution is -2.33. The summed E-state index contributed by atoms with van der Waals surface area (Å²) in [5, 5.41) is 6.78. The number of fused-ring (bicyclic) bond motifs is 1. The van der Waals surface area contributed by atoms with E-state index in [-0.39, 0.29) is 0 Å². The van der Waals surface area contributed by atoms with Gasteiger partial charge in [0.05, 0.1) is 0 Å². The van der Waals surface area contributed by atoms with Gasteiger partial charge in [-0.05, 0) is 42.0 Å². The quantitative estimate of drug-likeness (QED) is 0.813. The van der Waals surface area contributed by atoms with E-state index in [0.29, 0.717) is 11.4 Å². The SMILES string of the molecule is ClC1CCC(NCc2cccc3ccccc23)CC1. The van der Waals surface area contributed by atoms with E-state index in [1.807, 2.05) is 0 Å². The Labute approximate surface area is 120 Å². The number of benzene rings is 2. The van der Waals surface area contributed by atoms with Gasteiger partial charge in [-0.1, -0.05) is 42.5 Å². The second-order valence-corrected chi connectivity index (χ2v) is 6.09. The van der Waals surface area contributed by atoms with Crippen LogP contribution < -0.4 is 5.32 Å².